The van der Waals surface area contributed by atoms with Crippen molar-refractivity contribution < 1.29 is 8.42 Å². The van der Waals surface area contributed by atoms with Gasteiger partial charge in [-0.2, -0.15) is 0 Å². The van der Waals surface area contributed by atoms with Gasteiger partial charge >= 0.3 is 0 Å². The average Bonchev–Trinajstić information content (AvgIpc) is 2.46. The fraction of sp³-hybridized carbons (Fsp3) is 0.667. The van der Waals surface area contributed by atoms with Crippen LogP contribution in [0.3, 0.4) is 0 Å². The molecule has 19 heavy (non-hydrogen) atoms. The van der Waals surface area contributed by atoms with E-state index in [1.807, 2.05) is 9.80 Å². The Labute approximate surface area is 115 Å². The molecule has 108 valence electrons. The van der Waals surface area contributed by atoms with Crippen LogP contribution in [0.1, 0.15) is 0 Å². The standard InChI is InChI=1S/C12H22N4O2S/c17-19(18,11-9-15-5-1-13-2-6-15)12-10-16-7-3-14-4-8-16/h9-14H,1-8H2. The Morgan fingerprint density at radius 2 is 1.11 bits per heavy atom. The maximum absolute atomic E-state index is 11.9. The van der Waals surface area contributed by atoms with Crippen molar-refractivity contribution in [2.24, 2.45) is 0 Å². The number of rotatable bonds is 4. The minimum Gasteiger partial charge on any atom is -0.374 e. The Balaban J connectivity index is 1.86. The first-order chi connectivity index (χ1) is 9.16. The number of nitrogens with one attached hydrogen (secondary N) is 2. The second kappa shape index (κ2) is 6.93. The first-order valence-electron chi connectivity index (χ1n) is 6.67. The van der Waals surface area contributed by atoms with Gasteiger partial charge in [0.05, 0.1) is 10.8 Å². The van der Waals surface area contributed by atoms with Gasteiger partial charge in [-0.15, -0.1) is 0 Å². The van der Waals surface area contributed by atoms with Gasteiger partial charge in [0, 0.05) is 64.8 Å². The van der Waals surface area contributed by atoms with Gasteiger partial charge in [-0.05, 0) is 0 Å². The molecule has 0 saturated carbocycles. The molecule has 7 heteroatoms. The zero-order valence-electron chi connectivity index (χ0n) is 11.1. The van der Waals surface area contributed by atoms with E-state index < -0.39 is 9.84 Å². The Morgan fingerprint density at radius 3 is 1.47 bits per heavy atom. The van der Waals surface area contributed by atoms with Gasteiger partial charge in [-0.3, -0.25) is 0 Å². The van der Waals surface area contributed by atoms with Crippen LogP contribution < -0.4 is 10.6 Å². The monoisotopic (exact) mass is 286 g/mol. The molecule has 2 rings (SSSR count). The van der Waals surface area contributed by atoms with Crippen molar-refractivity contribution in [3.05, 3.63) is 23.2 Å². The van der Waals surface area contributed by atoms with Gasteiger partial charge in [-0.25, -0.2) is 8.42 Å². The van der Waals surface area contributed by atoms with Crippen molar-refractivity contribution in [3.8, 4) is 0 Å². The van der Waals surface area contributed by atoms with E-state index in [0.717, 1.165) is 52.4 Å². The summed E-state index contributed by atoms with van der Waals surface area (Å²) in [6.45, 7) is 7.03. The Hall–Kier alpha value is -1.05. The minimum absolute atomic E-state index is 0.855. The smallest absolute Gasteiger partial charge is 0.195 e. The van der Waals surface area contributed by atoms with Crippen LogP contribution in [0.5, 0.6) is 0 Å². The van der Waals surface area contributed by atoms with Crippen LogP contribution in [-0.4, -0.2) is 70.6 Å². The summed E-state index contributed by atoms with van der Waals surface area (Å²) in [6, 6.07) is 0. The van der Waals surface area contributed by atoms with Crippen molar-refractivity contribution in [3.63, 3.8) is 0 Å². The Kier molecular flexibility index (Phi) is 5.24. The van der Waals surface area contributed by atoms with E-state index in [9.17, 15) is 8.42 Å². The zero-order valence-corrected chi connectivity index (χ0v) is 11.9. The predicted molar refractivity (Wildman–Crippen MR) is 76.1 cm³/mol. The molecule has 2 aliphatic heterocycles. The fourth-order valence-corrected chi connectivity index (χ4v) is 2.82. The largest absolute Gasteiger partial charge is 0.374 e. The summed E-state index contributed by atoms with van der Waals surface area (Å²) < 4.78 is 23.7. The summed E-state index contributed by atoms with van der Waals surface area (Å²) in [5.41, 5.74) is 0. The lowest BCUT2D eigenvalue weighted by atomic mass is 10.4. The molecule has 2 saturated heterocycles. The van der Waals surface area contributed by atoms with E-state index in [4.69, 9.17) is 0 Å². The number of hydrogen-bond donors (Lipinski definition) is 2. The molecule has 2 aliphatic rings. The molecule has 2 fully saturated rings. The van der Waals surface area contributed by atoms with Crippen LogP contribution in [0.25, 0.3) is 0 Å². The lowest BCUT2D eigenvalue weighted by molar-refractivity contribution is 0.324. The molecule has 0 aromatic carbocycles. The van der Waals surface area contributed by atoms with E-state index in [-0.39, 0.29) is 0 Å². The molecule has 0 aromatic rings. The summed E-state index contributed by atoms with van der Waals surface area (Å²) in [5.74, 6) is 0. The number of hydrogen-bond acceptors (Lipinski definition) is 6. The summed E-state index contributed by atoms with van der Waals surface area (Å²) in [4.78, 5) is 4.04. The van der Waals surface area contributed by atoms with Gasteiger partial charge in [0.2, 0.25) is 0 Å². The van der Waals surface area contributed by atoms with Gasteiger partial charge in [0.1, 0.15) is 0 Å². The number of nitrogens with zero attached hydrogens (tertiary/aromatic N) is 2. The second-order valence-electron chi connectivity index (χ2n) is 4.73. The van der Waals surface area contributed by atoms with Crippen molar-refractivity contribution in [2.45, 2.75) is 0 Å². The molecule has 0 radical (unpaired) electrons. The van der Waals surface area contributed by atoms with Crippen LogP contribution in [-0.2, 0) is 9.84 Å². The molecule has 0 bridgehead atoms. The highest BCUT2D eigenvalue weighted by Gasteiger charge is 2.08. The third-order valence-electron chi connectivity index (χ3n) is 3.23. The number of piperazine rings is 2. The fourth-order valence-electron chi connectivity index (χ4n) is 2.05. The summed E-state index contributed by atoms with van der Waals surface area (Å²) in [7, 11) is -3.27. The molecule has 0 unspecified atom stereocenters. The summed E-state index contributed by atoms with van der Waals surface area (Å²) >= 11 is 0. The van der Waals surface area contributed by atoms with Crippen LogP contribution in [0.4, 0.5) is 0 Å². The van der Waals surface area contributed by atoms with Gasteiger partial charge in [0.15, 0.2) is 9.84 Å². The van der Waals surface area contributed by atoms with E-state index in [1.165, 1.54) is 10.8 Å². The van der Waals surface area contributed by atoms with E-state index >= 15 is 0 Å². The van der Waals surface area contributed by atoms with Crippen molar-refractivity contribution in [1.82, 2.24) is 20.4 Å². The van der Waals surface area contributed by atoms with Crippen molar-refractivity contribution in [1.29, 1.82) is 0 Å². The molecule has 2 N–H and O–H groups in total. The molecule has 0 atom stereocenters. The lowest BCUT2D eigenvalue weighted by Gasteiger charge is -2.26. The van der Waals surface area contributed by atoms with E-state index in [2.05, 4.69) is 10.6 Å². The predicted octanol–water partition coefficient (Wildman–Crippen LogP) is -0.846. The minimum atomic E-state index is -3.27. The first kappa shape index (κ1) is 14.4. The summed E-state index contributed by atoms with van der Waals surface area (Å²) in [6.07, 6.45) is 3.36. The average molecular weight is 286 g/mol. The molecule has 0 aliphatic carbocycles. The highest BCUT2D eigenvalue weighted by atomic mass is 32.2. The first-order valence-corrected chi connectivity index (χ1v) is 8.28. The van der Waals surface area contributed by atoms with Crippen LogP contribution in [0.15, 0.2) is 23.2 Å². The van der Waals surface area contributed by atoms with Gasteiger partial charge in [-0.1, -0.05) is 0 Å². The lowest BCUT2D eigenvalue weighted by Crippen LogP contribution is -2.40. The molecular weight excluding hydrogens is 264 g/mol. The second-order valence-corrected chi connectivity index (χ2v) is 6.45. The third-order valence-corrected chi connectivity index (χ3v) is 4.23. The molecule has 0 aromatic heterocycles. The quantitative estimate of drug-likeness (QED) is 0.702. The van der Waals surface area contributed by atoms with Gasteiger partial charge < -0.3 is 20.4 Å². The zero-order chi connectivity index (χ0) is 13.6. The number of sulfone groups is 1. The maximum Gasteiger partial charge on any atom is 0.195 e. The normalized spacial score (nSPS) is 22.5. The molecule has 2 heterocycles. The van der Waals surface area contributed by atoms with Gasteiger partial charge in [0.25, 0.3) is 0 Å². The highest BCUT2D eigenvalue weighted by molar-refractivity contribution is 7.97. The molecule has 6 nitrogen and oxygen atoms in total. The Morgan fingerprint density at radius 1 is 0.737 bits per heavy atom. The van der Waals surface area contributed by atoms with Crippen LogP contribution in [0, 0.1) is 0 Å². The van der Waals surface area contributed by atoms with E-state index in [0.29, 0.717) is 0 Å². The third kappa shape index (κ3) is 5.22. The van der Waals surface area contributed by atoms with Crippen LogP contribution in [0.2, 0.25) is 0 Å². The van der Waals surface area contributed by atoms with Crippen LogP contribution >= 0.6 is 0 Å². The molecule has 0 amide bonds. The highest BCUT2D eigenvalue weighted by Crippen LogP contribution is 2.02. The maximum atomic E-state index is 11.9. The Bertz CT molecular complexity index is 387. The van der Waals surface area contributed by atoms with Crippen molar-refractivity contribution >= 4 is 9.84 Å². The molecular formula is C12H22N4O2S. The topological polar surface area (TPSA) is 64.7 Å². The van der Waals surface area contributed by atoms with E-state index in [1.54, 1.807) is 12.4 Å². The molecule has 0 spiro atoms. The van der Waals surface area contributed by atoms with Crippen molar-refractivity contribution in [2.75, 3.05) is 52.4 Å². The summed E-state index contributed by atoms with van der Waals surface area (Å²) in [5, 5.41) is 9.03. The SMILES string of the molecule is O=S(=O)(C=CN1CCNCC1)C=CN1CCNCC1.